The molecule has 16 rings (SSSR count). The molecule has 1 aliphatic carbocycles. The third-order valence-corrected chi connectivity index (χ3v) is 23.9. The standard InChI is InChI=1S/C30H31N5O4.C19H26N2O4.C18H24N2O4.C13H16N2O3.C12H15N3O2.C12H14N2O3.3ClH/c1-34-16-20(23-15-22(36)8-10-26(23)34)14-25(28(31)37)33-30(38)18-7-9-27-24(13-18)32-29(19-11-12-39-17-19)35(27)21-5-3-2-4-6-21;1-12-7-8-16-14(9-12)13(11-21(16)5)10-15(17(22)24-6)20-18(23)25-19(2,3)4;1-11-6-7-14-13(8-11)12(10-19-14)9-15(16(21)23-5)20-17(22)24-18(2,3)4;1-15-7-8(5-11(14)13(17)18-2)10-6-9(16)3-4-12(10)15;1-15-6-7(4-10(13)12(14)17)9-5-8(16)2-3-11(9)15;1-17-12(16)10(13)4-7-6-14-11-3-2-8(15)5-9(7)11;;;/h7-13,15-17,21,25,36H,2-6,14H2,1H3,(H2,31,37)(H,33,38);7-9,11,15H,10H2,1-6H3,(H,20,23);6-8,10,15,19H,9H2,1-5H3,(H,20,22);3-4,6-7,11,16H,5,14H2,1-2H3;2-3,5-6,10,16H,4,13H2,1H3,(H2,14,17);2-3,5-6,10,14-15H,4,13H2,1H3;3*1H/t25-;2*15-;11-;2*10-;;;/m000000.../s1. The number of aryl methyl sites for hydroxylation is 6. The number of quaternary nitrogens is 3. The van der Waals surface area contributed by atoms with Crippen LogP contribution in [0.5, 0.6) is 23.0 Å². The number of carbonyl (C=O) groups excluding carboxylic acids is 9. The molecule has 22 N–H and O–H groups in total. The zero-order valence-corrected chi connectivity index (χ0v) is 85.3. The van der Waals surface area contributed by atoms with Crippen LogP contribution in [0.3, 0.4) is 0 Å². The lowest BCUT2D eigenvalue weighted by atomic mass is 9.95. The Labute approximate surface area is 845 Å². The minimum absolute atomic E-state index is 0. The molecule has 15 aromatic rings. The number of aromatic nitrogens is 8. The average molecular weight is 2030 g/mol. The van der Waals surface area contributed by atoms with Crippen LogP contribution in [-0.2, 0) is 124 Å². The molecule has 0 bridgehead atoms. The molecule has 36 nitrogen and oxygen atoms in total. The number of benzene rings is 7. The number of primary amides is 2. The van der Waals surface area contributed by atoms with Gasteiger partial charge < -0.3 is 168 Å². The number of phenolic OH excluding ortho intramolecular Hbond substituents is 4. The van der Waals surface area contributed by atoms with Crippen LogP contribution >= 0.6 is 0 Å². The zero-order valence-electron chi connectivity index (χ0n) is 83.1. The molecule has 0 radical (unpaired) electrons. The fourth-order valence-electron chi connectivity index (χ4n) is 17.1. The highest BCUT2D eigenvalue weighted by Crippen LogP contribution is 2.38. The highest BCUT2D eigenvalue weighted by atomic mass is 35.5. The van der Waals surface area contributed by atoms with Crippen molar-refractivity contribution in [3.05, 3.63) is 233 Å². The van der Waals surface area contributed by atoms with Crippen molar-refractivity contribution in [1.29, 1.82) is 0 Å². The van der Waals surface area contributed by atoms with Crippen LogP contribution in [0.2, 0.25) is 0 Å². The van der Waals surface area contributed by atoms with Gasteiger partial charge in [0.1, 0.15) is 64.4 Å². The number of hydrogen-bond acceptors (Lipinski definition) is 21. The summed E-state index contributed by atoms with van der Waals surface area (Å²) in [5.41, 5.74) is 37.7. The molecule has 6 atom stereocenters. The first-order valence-electron chi connectivity index (χ1n) is 45.8. The first kappa shape index (κ1) is 114. The zero-order chi connectivity index (χ0) is 102. The number of alkyl carbamates (subject to hydrolysis) is 2. The van der Waals surface area contributed by atoms with E-state index in [0.29, 0.717) is 49.2 Å². The third kappa shape index (κ3) is 29.7. The van der Waals surface area contributed by atoms with Crippen LogP contribution in [0.1, 0.15) is 135 Å². The lowest BCUT2D eigenvalue weighted by Crippen LogP contribution is -3.00. The number of H-pyrrole nitrogens is 2. The van der Waals surface area contributed by atoms with Crippen molar-refractivity contribution >= 4 is 130 Å². The molecule has 0 spiro atoms. The van der Waals surface area contributed by atoms with Crippen molar-refractivity contribution in [3.8, 4) is 34.4 Å². The van der Waals surface area contributed by atoms with Gasteiger partial charge in [-0.2, -0.15) is 0 Å². The van der Waals surface area contributed by atoms with E-state index >= 15 is 0 Å². The van der Waals surface area contributed by atoms with Crippen LogP contribution in [0.4, 0.5) is 9.59 Å². The molecule has 5 amide bonds. The topological polar surface area (TPSA) is 543 Å². The van der Waals surface area contributed by atoms with E-state index in [1.165, 1.54) is 47.7 Å². The van der Waals surface area contributed by atoms with Gasteiger partial charge in [0, 0.05) is 181 Å². The molecule has 0 unspecified atom stereocenters. The number of aromatic amines is 2. The number of carbonyl (C=O) groups is 9. The summed E-state index contributed by atoms with van der Waals surface area (Å²) in [7, 11) is 13.0. The number of fused-ring (bicyclic) bond motifs is 7. The fraction of sp³-hybridized carbons (Fsp3) is 0.346. The molecule has 8 aromatic heterocycles. The molecular weight excluding hydrogens is 1900 g/mol. The second-order valence-electron chi connectivity index (χ2n) is 37.0. The van der Waals surface area contributed by atoms with Crippen LogP contribution in [-0.4, -0.2) is 188 Å². The molecule has 1 fully saturated rings. The van der Waals surface area contributed by atoms with E-state index in [0.717, 1.165) is 140 Å². The number of ether oxygens (including phenoxy) is 6. The number of aromatic hydroxyl groups is 4. The van der Waals surface area contributed by atoms with Gasteiger partial charge in [0.25, 0.3) is 11.8 Å². The Bertz CT molecular complexity index is 6990. The van der Waals surface area contributed by atoms with Crippen molar-refractivity contribution in [2.24, 2.45) is 39.7 Å². The predicted octanol–water partition coefficient (Wildman–Crippen LogP) is 1.95. The second kappa shape index (κ2) is 50.1. The Hall–Kier alpha value is -14.7. The summed E-state index contributed by atoms with van der Waals surface area (Å²) in [5.74, 6) is -1.53. The highest BCUT2D eigenvalue weighted by molar-refractivity contribution is 6.01. The number of phenols is 4. The summed E-state index contributed by atoms with van der Waals surface area (Å²) in [6.45, 7) is 14.6. The summed E-state index contributed by atoms with van der Waals surface area (Å²) in [6.07, 6.45) is 21.5. The van der Waals surface area contributed by atoms with E-state index < -0.39 is 89.3 Å². The van der Waals surface area contributed by atoms with Gasteiger partial charge in [-0.3, -0.25) is 14.4 Å². The second-order valence-corrected chi connectivity index (χ2v) is 37.0. The fourth-order valence-corrected chi connectivity index (χ4v) is 17.1. The van der Waals surface area contributed by atoms with Crippen molar-refractivity contribution in [2.45, 2.75) is 180 Å². The number of nitrogens with two attached hydrogens (primary N) is 2. The summed E-state index contributed by atoms with van der Waals surface area (Å²) in [6, 6.07) is 36.6. The van der Waals surface area contributed by atoms with Gasteiger partial charge in [-0.1, -0.05) is 42.5 Å². The highest BCUT2D eigenvalue weighted by Gasteiger charge is 2.32. The minimum atomic E-state index is -0.928. The molecule has 0 saturated heterocycles. The molecule has 39 heteroatoms. The van der Waals surface area contributed by atoms with Crippen LogP contribution in [0, 0.1) is 13.8 Å². The maximum absolute atomic E-state index is 13.3. The van der Waals surface area contributed by atoms with Gasteiger partial charge in [-0.25, -0.2) is 33.8 Å². The summed E-state index contributed by atoms with van der Waals surface area (Å²) < 4.78 is 44.9. The first-order chi connectivity index (χ1) is 66.3. The van der Waals surface area contributed by atoms with Crippen LogP contribution in [0.25, 0.3) is 87.8 Å². The number of nitrogens with one attached hydrogen (secondary N) is 5. The van der Waals surface area contributed by atoms with Gasteiger partial charge >= 0.3 is 36.1 Å². The summed E-state index contributed by atoms with van der Waals surface area (Å²) >= 11 is 0. The Morgan fingerprint density at radius 1 is 0.441 bits per heavy atom. The molecule has 143 heavy (non-hydrogen) atoms. The quantitative estimate of drug-likeness (QED) is 0.0304. The third-order valence-electron chi connectivity index (χ3n) is 23.9. The maximum atomic E-state index is 13.3. The molecule has 8 heterocycles. The van der Waals surface area contributed by atoms with Crippen molar-refractivity contribution in [2.75, 3.05) is 28.4 Å². The lowest BCUT2D eigenvalue weighted by Gasteiger charge is -2.25. The van der Waals surface area contributed by atoms with Crippen LogP contribution in [0.15, 0.2) is 188 Å². The number of amides is 5. The molecule has 1 saturated carbocycles. The SMILES string of the molecule is COC(=O)[C@@H]([NH3+])Cc1c[nH]c2ccc(O)cc12.COC(=O)[C@@H]([NH3+])Cc1cn(C)c2ccc(O)cc12.COC(=O)[C@H](Cc1c[nH]c2ccc(C)cc12)NC(=O)OC(C)(C)C.COC(=O)[C@H](Cc1cn(C)c2ccc(C)cc12)NC(=O)OC(C)(C)C.Cn1cc(C[C@H](NC(=O)c2ccc3c(c2)nc(-c2ccoc2)n3C2CCCCC2)C(N)=O)c2cc(O)ccc21.Cn1cc(C[C@H]([NH3+])C(N)=O)c2cc(O)ccc21.[Cl-].[Cl-].[Cl-]. The van der Waals surface area contributed by atoms with E-state index in [4.69, 9.17) is 39.8 Å². The van der Waals surface area contributed by atoms with E-state index in [-0.39, 0.29) is 78.6 Å². The monoisotopic (exact) mass is 2030 g/mol. The molecule has 766 valence electrons. The number of furan rings is 1. The first-order valence-corrected chi connectivity index (χ1v) is 45.8. The van der Waals surface area contributed by atoms with Gasteiger partial charge in [-0.15, -0.1) is 0 Å². The van der Waals surface area contributed by atoms with Gasteiger partial charge in [0.2, 0.25) is 5.91 Å². The molecule has 1 aliphatic rings. The average Bonchev–Trinajstić information content (AvgIpc) is 1.61. The smallest absolute Gasteiger partial charge is 0.408 e. The van der Waals surface area contributed by atoms with Gasteiger partial charge in [-0.05, 0) is 223 Å². The van der Waals surface area contributed by atoms with Crippen molar-refractivity contribution in [3.63, 3.8) is 0 Å². The lowest BCUT2D eigenvalue weighted by molar-refractivity contribution is -0.407. The van der Waals surface area contributed by atoms with Crippen LogP contribution < -0.4 is 81.8 Å². The number of rotatable bonds is 24. The largest absolute Gasteiger partial charge is 1.00 e. The van der Waals surface area contributed by atoms with Gasteiger partial charge in [0.05, 0.1) is 51.3 Å². The van der Waals surface area contributed by atoms with Crippen molar-refractivity contribution in [1.82, 2.24) is 53.7 Å². The maximum Gasteiger partial charge on any atom is 0.408 e. The Morgan fingerprint density at radius 2 is 0.804 bits per heavy atom. The number of nitrogens with zero attached hydrogens (tertiary/aromatic N) is 6. The number of methoxy groups -OCH3 is 4. The predicted molar refractivity (Wildman–Crippen MR) is 530 cm³/mol. The minimum Gasteiger partial charge on any atom is -1.00 e. The van der Waals surface area contributed by atoms with E-state index in [9.17, 15) is 63.6 Å². The van der Waals surface area contributed by atoms with E-state index in [1.54, 1.807) is 121 Å². The Kier molecular flexibility index (Phi) is 39.8. The molecule has 0 aliphatic heterocycles. The number of imidazole rings is 1. The normalized spacial score (nSPS) is 13.1. The Balaban J connectivity index is 0.000000215. The number of hydrogen-bond donors (Lipinski definition) is 14. The number of esters is 4. The van der Waals surface area contributed by atoms with E-state index in [1.807, 2.05) is 158 Å². The summed E-state index contributed by atoms with van der Waals surface area (Å²) in [4.78, 5) is 119. The Morgan fingerprint density at radius 3 is 1.23 bits per heavy atom. The number of halogens is 3. The van der Waals surface area contributed by atoms with Gasteiger partial charge in [0.15, 0.2) is 18.1 Å². The molecule has 7 aromatic carbocycles. The van der Waals surface area contributed by atoms with Crippen molar-refractivity contribution < 1.29 is 151 Å². The molecular formula is C104H129Cl3N16O20. The summed E-state index contributed by atoms with van der Waals surface area (Å²) in [5, 5.41) is 52.1. The van der Waals surface area contributed by atoms with E-state index in [2.05, 4.69) is 63.2 Å².